The zero-order valence-electron chi connectivity index (χ0n) is 15.4. The normalized spacial score (nSPS) is 11.1. The molecule has 0 atom stereocenters. The van der Waals surface area contributed by atoms with Crippen molar-refractivity contribution in [2.45, 2.75) is 6.92 Å². The van der Waals surface area contributed by atoms with Gasteiger partial charge in [-0.25, -0.2) is 4.85 Å². The number of rotatable bonds is 5. The van der Waals surface area contributed by atoms with Gasteiger partial charge in [0.1, 0.15) is 11.5 Å². The van der Waals surface area contributed by atoms with E-state index in [1.807, 2.05) is 43.3 Å². The van der Waals surface area contributed by atoms with E-state index in [-0.39, 0.29) is 5.75 Å². The molecule has 28 heavy (non-hydrogen) atoms. The van der Waals surface area contributed by atoms with E-state index in [2.05, 4.69) is 10.9 Å². The number of phenolic OH excluding ortho intramolecular Hbond substituents is 1. The Balaban J connectivity index is 1.97. The van der Waals surface area contributed by atoms with Crippen molar-refractivity contribution in [3.63, 3.8) is 0 Å². The van der Waals surface area contributed by atoms with Crippen LogP contribution < -0.4 is 4.74 Å². The van der Waals surface area contributed by atoms with Crippen LogP contribution in [0.15, 0.2) is 72.8 Å². The van der Waals surface area contributed by atoms with Crippen molar-refractivity contribution in [1.82, 2.24) is 0 Å². The van der Waals surface area contributed by atoms with E-state index in [1.165, 1.54) is 0 Å². The number of hydrogen-bond donors (Lipinski definition) is 1. The average molecular weight is 366 g/mol. The molecule has 0 bridgehead atoms. The van der Waals surface area contributed by atoms with E-state index < -0.39 is 0 Å². The summed E-state index contributed by atoms with van der Waals surface area (Å²) in [5.74, 6) is 0.943. The predicted molar refractivity (Wildman–Crippen MR) is 110 cm³/mol. The summed E-state index contributed by atoms with van der Waals surface area (Å²) in [5, 5.41) is 19.1. The first-order valence-corrected chi connectivity index (χ1v) is 8.81. The molecule has 3 rings (SSSR count). The first-order valence-electron chi connectivity index (χ1n) is 8.81. The van der Waals surface area contributed by atoms with Crippen LogP contribution in [0.1, 0.15) is 18.1 Å². The Kier molecular flexibility index (Phi) is 5.75. The minimum atomic E-state index is 0.215. The summed E-state index contributed by atoms with van der Waals surface area (Å²) in [5.41, 5.74) is 3.93. The van der Waals surface area contributed by atoms with Gasteiger partial charge in [-0.2, -0.15) is 5.26 Å². The van der Waals surface area contributed by atoms with E-state index in [0.717, 1.165) is 16.9 Å². The highest BCUT2D eigenvalue weighted by Gasteiger charge is 2.12. The highest BCUT2D eigenvalue weighted by molar-refractivity contribution is 6.00. The highest BCUT2D eigenvalue weighted by Crippen LogP contribution is 2.30. The molecule has 0 unspecified atom stereocenters. The van der Waals surface area contributed by atoms with Crippen molar-refractivity contribution in [2.75, 3.05) is 6.61 Å². The minimum Gasteiger partial charge on any atom is -0.508 e. The molecule has 0 amide bonds. The maximum Gasteiger partial charge on any atom is 0.212 e. The molecule has 1 N–H and O–H groups in total. The Morgan fingerprint density at radius 1 is 0.929 bits per heavy atom. The van der Waals surface area contributed by atoms with Crippen LogP contribution >= 0.6 is 0 Å². The molecule has 0 aliphatic heterocycles. The molecule has 0 heterocycles. The lowest BCUT2D eigenvalue weighted by Gasteiger charge is -2.08. The fourth-order valence-electron chi connectivity index (χ4n) is 2.88. The lowest BCUT2D eigenvalue weighted by Crippen LogP contribution is -1.92. The SMILES string of the molecule is [C-]#[N+]/C(=C(/C#N)c1ccc(OCC)cc1)c1ccc(-c2ccc(O)cc2)cc1. The third-order valence-electron chi connectivity index (χ3n) is 4.27. The molecule has 0 saturated carbocycles. The number of hydrogen-bond acceptors (Lipinski definition) is 3. The molecule has 0 saturated heterocycles. The Labute approximate surface area is 164 Å². The molecule has 0 aromatic heterocycles. The molecule has 0 radical (unpaired) electrons. The smallest absolute Gasteiger partial charge is 0.212 e. The van der Waals surface area contributed by atoms with Crippen LogP contribution in [0.2, 0.25) is 0 Å². The second kappa shape index (κ2) is 8.58. The molecule has 0 aliphatic carbocycles. The van der Waals surface area contributed by atoms with Gasteiger partial charge >= 0.3 is 0 Å². The lowest BCUT2D eigenvalue weighted by molar-refractivity contribution is 0.340. The lowest BCUT2D eigenvalue weighted by atomic mass is 9.98. The van der Waals surface area contributed by atoms with E-state index in [1.54, 1.807) is 36.4 Å². The molecular weight excluding hydrogens is 348 g/mol. The van der Waals surface area contributed by atoms with Crippen LogP contribution in [0.25, 0.3) is 27.2 Å². The molecular formula is C24H18N2O2. The standard InChI is InChI=1S/C24H18N2O2/c1-3-28-22-14-10-19(11-15-22)23(16-25)24(26-2)20-6-4-17(5-7-20)18-8-12-21(27)13-9-18/h4-15,27H,3H2,1H3/b24-23-. The van der Waals surface area contributed by atoms with Gasteiger partial charge in [-0.15, -0.1) is 0 Å². The molecule has 0 fully saturated rings. The van der Waals surface area contributed by atoms with Crippen molar-refractivity contribution in [3.8, 4) is 28.7 Å². The van der Waals surface area contributed by atoms with Crippen molar-refractivity contribution in [2.24, 2.45) is 0 Å². The van der Waals surface area contributed by atoms with Crippen LogP contribution in [0.3, 0.4) is 0 Å². The summed E-state index contributed by atoms with van der Waals surface area (Å²) in [7, 11) is 0. The fourth-order valence-corrected chi connectivity index (χ4v) is 2.88. The zero-order valence-corrected chi connectivity index (χ0v) is 15.4. The number of allylic oxidation sites excluding steroid dienone is 1. The summed E-state index contributed by atoms with van der Waals surface area (Å²) < 4.78 is 5.43. The average Bonchev–Trinajstić information content (AvgIpc) is 2.74. The van der Waals surface area contributed by atoms with Gasteiger partial charge in [0.25, 0.3) is 0 Å². The van der Waals surface area contributed by atoms with Gasteiger partial charge in [-0.05, 0) is 53.4 Å². The van der Waals surface area contributed by atoms with E-state index in [9.17, 15) is 10.4 Å². The van der Waals surface area contributed by atoms with Crippen molar-refractivity contribution in [3.05, 3.63) is 95.3 Å². The number of aromatic hydroxyl groups is 1. The van der Waals surface area contributed by atoms with Crippen molar-refractivity contribution < 1.29 is 9.84 Å². The van der Waals surface area contributed by atoms with Gasteiger partial charge in [0.15, 0.2) is 0 Å². The molecule has 3 aromatic rings. The zero-order chi connectivity index (χ0) is 19.9. The Bertz CT molecular complexity index is 1070. The second-order valence-electron chi connectivity index (χ2n) is 6.03. The van der Waals surface area contributed by atoms with Gasteiger partial charge in [-0.3, -0.25) is 0 Å². The monoisotopic (exact) mass is 366 g/mol. The van der Waals surface area contributed by atoms with E-state index >= 15 is 0 Å². The van der Waals surface area contributed by atoms with Gasteiger partial charge in [0, 0.05) is 0 Å². The number of nitriles is 1. The maximum atomic E-state index is 9.67. The predicted octanol–water partition coefficient (Wildman–Crippen LogP) is 5.77. The largest absolute Gasteiger partial charge is 0.508 e. The Hall–Kier alpha value is -4.02. The third-order valence-corrected chi connectivity index (χ3v) is 4.27. The van der Waals surface area contributed by atoms with Crippen molar-refractivity contribution in [1.29, 1.82) is 5.26 Å². The Morgan fingerprint density at radius 3 is 1.96 bits per heavy atom. The van der Waals surface area contributed by atoms with Crippen LogP contribution in [0, 0.1) is 17.9 Å². The summed E-state index contributed by atoms with van der Waals surface area (Å²) in [4.78, 5) is 3.62. The summed E-state index contributed by atoms with van der Waals surface area (Å²) >= 11 is 0. The van der Waals surface area contributed by atoms with Gasteiger partial charge in [0.05, 0.1) is 24.8 Å². The fraction of sp³-hybridized carbons (Fsp3) is 0.0833. The van der Waals surface area contributed by atoms with Gasteiger partial charge < -0.3 is 9.84 Å². The quantitative estimate of drug-likeness (QED) is 0.354. The third kappa shape index (κ3) is 4.03. The number of ether oxygens (including phenoxy) is 1. The molecule has 136 valence electrons. The van der Waals surface area contributed by atoms with Gasteiger partial charge in [-0.1, -0.05) is 48.5 Å². The number of phenols is 1. The second-order valence-corrected chi connectivity index (χ2v) is 6.03. The van der Waals surface area contributed by atoms with Gasteiger partial charge in [0.2, 0.25) is 5.70 Å². The maximum absolute atomic E-state index is 9.67. The summed E-state index contributed by atoms with van der Waals surface area (Å²) in [6.07, 6.45) is 0. The molecule has 3 aromatic carbocycles. The first-order chi connectivity index (χ1) is 13.7. The van der Waals surface area contributed by atoms with Crippen LogP contribution in [0.4, 0.5) is 0 Å². The van der Waals surface area contributed by atoms with E-state index in [4.69, 9.17) is 11.3 Å². The number of benzene rings is 3. The molecule has 4 heteroatoms. The highest BCUT2D eigenvalue weighted by atomic mass is 16.5. The van der Waals surface area contributed by atoms with Crippen LogP contribution in [-0.2, 0) is 0 Å². The Morgan fingerprint density at radius 2 is 1.46 bits per heavy atom. The van der Waals surface area contributed by atoms with E-state index in [0.29, 0.717) is 29.0 Å². The minimum absolute atomic E-state index is 0.215. The topological polar surface area (TPSA) is 57.6 Å². The first kappa shape index (κ1) is 18.8. The van der Waals surface area contributed by atoms with Crippen LogP contribution in [-0.4, -0.2) is 11.7 Å². The van der Waals surface area contributed by atoms with Crippen LogP contribution in [0.5, 0.6) is 11.5 Å². The number of nitrogens with zero attached hydrogens (tertiary/aromatic N) is 2. The summed E-state index contributed by atoms with van der Waals surface area (Å²) in [6.45, 7) is 10.1. The molecule has 4 nitrogen and oxygen atoms in total. The summed E-state index contributed by atoms with van der Waals surface area (Å²) in [6, 6.07) is 23.7. The molecule has 0 spiro atoms. The van der Waals surface area contributed by atoms with Crippen molar-refractivity contribution >= 4 is 11.3 Å². The molecule has 0 aliphatic rings.